The minimum absolute atomic E-state index is 0.00404. The van der Waals surface area contributed by atoms with Gasteiger partial charge in [0.05, 0.1) is 4.58 Å². The molecule has 0 saturated carbocycles. The van der Waals surface area contributed by atoms with Crippen molar-refractivity contribution >= 4 is 40.8 Å². The Labute approximate surface area is 170 Å². The summed E-state index contributed by atoms with van der Waals surface area (Å²) in [5, 5.41) is 2.88. The van der Waals surface area contributed by atoms with Crippen LogP contribution in [0.15, 0.2) is 48.5 Å². The Balaban J connectivity index is 1.47. The molecule has 3 rings (SSSR count). The Bertz CT molecular complexity index is 725. The van der Waals surface area contributed by atoms with Gasteiger partial charge in [0.2, 0.25) is 0 Å². The van der Waals surface area contributed by atoms with Crippen LogP contribution in [0.1, 0.15) is 24.0 Å². The number of hydrogen-bond donors (Lipinski definition) is 1. The van der Waals surface area contributed by atoms with Crippen molar-refractivity contribution in [3.63, 3.8) is 0 Å². The third-order valence-electron chi connectivity index (χ3n) is 4.42. The van der Waals surface area contributed by atoms with E-state index in [-0.39, 0.29) is 12.5 Å². The molecule has 0 bridgehead atoms. The molecule has 0 aromatic heterocycles. The molecule has 2 aromatic carbocycles. The highest BCUT2D eigenvalue weighted by atomic mass is 32.2. The number of amides is 1. The number of carbonyl (C=O) groups is 1. The van der Waals surface area contributed by atoms with Crippen molar-refractivity contribution in [1.82, 2.24) is 0 Å². The van der Waals surface area contributed by atoms with Crippen molar-refractivity contribution in [2.75, 3.05) is 41.4 Å². The van der Waals surface area contributed by atoms with Gasteiger partial charge >= 0.3 is 0 Å². The zero-order chi connectivity index (χ0) is 19.1. The smallest absolute Gasteiger partial charge is 0.262 e. The van der Waals surface area contributed by atoms with Gasteiger partial charge in [-0.25, -0.2) is 0 Å². The predicted octanol–water partition coefficient (Wildman–Crippen LogP) is 5.03. The summed E-state index contributed by atoms with van der Waals surface area (Å²) in [7, 11) is 0. The molecule has 0 spiro atoms. The average Bonchev–Trinajstić information content (AvgIpc) is 3.24. The van der Waals surface area contributed by atoms with Crippen LogP contribution in [0.3, 0.4) is 0 Å². The number of carbonyl (C=O) groups excluding carboxylic acids is 1. The van der Waals surface area contributed by atoms with Gasteiger partial charge in [-0.15, -0.1) is 23.5 Å². The van der Waals surface area contributed by atoms with E-state index in [9.17, 15) is 4.79 Å². The maximum Gasteiger partial charge on any atom is 0.262 e. The summed E-state index contributed by atoms with van der Waals surface area (Å²) in [6.07, 6.45) is 0. The van der Waals surface area contributed by atoms with Gasteiger partial charge in [0.15, 0.2) is 6.61 Å². The van der Waals surface area contributed by atoms with E-state index in [1.165, 1.54) is 17.1 Å². The molecule has 1 heterocycles. The average molecular weight is 403 g/mol. The zero-order valence-electron chi connectivity index (χ0n) is 15.8. The van der Waals surface area contributed by atoms with E-state index in [0.29, 0.717) is 4.58 Å². The van der Waals surface area contributed by atoms with E-state index in [0.717, 1.165) is 30.2 Å². The lowest BCUT2D eigenvalue weighted by atomic mass is 10.2. The summed E-state index contributed by atoms with van der Waals surface area (Å²) in [5.74, 6) is 2.99. The third kappa shape index (κ3) is 5.59. The fourth-order valence-corrected chi connectivity index (χ4v) is 5.82. The SMILES string of the molecule is CCN(CC)c1ccc(NC(=O)COc2ccc(C3SCCS3)cc2)cc1. The Morgan fingerprint density at radius 1 is 1.04 bits per heavy atom. The Kier molecular flexibility index (Phi) is 7.35. The number of benzene rings is 2. The standard InChI is InChI=1S/C21H26N2O2S2/c1-3-23(4-2)18-9-7-17(8-10-18)22-20(24)15-25-19-11-5-16(6-12-19)21-26-13-14-27-21/h5-12,21H,3-4,13-15H2,1-2H3,(H,22,24). The molecule has 1 N–H and O–H groups in total. The molecular formula is C21H26N2O2S2. The van der Waals surface area contributed by atoms with Crippen LogP contribution in [0.25, 0.3) is 0 Å². The summed E-state index contributed by atoms with van der Waals surface area (Å²) >= 11 is 3.96. The maximum absolute atomic E-state index is 12.1. The first kappa shape index (κ1) is 20.0. The van der Waals surface area contributed by atoms with E-state index in [4.69, 9.17) is 4.74 Å². The largest absolute Gasteiger partial charge is 0.484 e. The van der Waals surface area contributed by atoms with Gasteiger partial charge in [0.1, 0.15) is 5.75 Å². The molecule has 0 atom stereocenters. The van der Waals surface area contributed by atoms with E-state index in [1.54, 1.807) is 0 Å². The van der Waals surface area contributed by atoms with Crippen LogP contribution in [-0.4, -0.2) is 37.1 Å². The maximum atomic E-state index is 12.1. The van der Waals surface area contributed by atoms with Gasteiger partial charge in [-0.3, -0.25) is 4.79 Å². The first-order chi connectivity index (χ1) is 13.2. The molecule has 1 aliphatic heterocycles. The lowest BCUT2D eigenvalue weighted by molar-refractivity contribution is -0.118. The molecule has 4 nitrogen and oxygen atoms in total. The van der Waals surface area contributed by atoms with Crippen LogP contribution in [0.2, 0.25) is 0 Å². The number of nitrogens with one attached hydrogen (secondary N) is 1. The van der Waals surface area contributed by atoms with Crippen LogP contribution < -0.4 is 15.0 Å². The minimum Gasteiger partial charge on any atom is -0.484 e. The summed E-state index contributed by atoms with van der Waals surface area (Å²) < 4.78 is 6.15. The molecule has 1 fully saturated rings. The van der Waals surface area contributed by atoms with Gasteiger partial charge in [0.25, 0.3) is 5.91 Å². The van der Waals surface area contributed by atoms with Crippen LogP contribution >= 0.6 is 23.5 Å². The normalized spacial score (nSPS) is 14.1. The van der Waals surface area contributed by atoms with Crippen LogP contribution in [0.5, 0.6) is 5.75 Å². The minimum atomic E-state index is -0.156. The fourth-order valence-electron chi connectivity index (χ4n) is 2.96. The lowest BCUT2D eigenvalue weighted by Crippen LogP contribution is -2.22. The molecular weight excluding hydrogens is 376 g/mol. The summed E-state index contributed by atoms with van der Waals surface area (Å²) in [5.41, 5.74) is 3.26. The number of anilines is 2. The van der Waals surface area contributed by atoms with Gasteiger partial charge in [-0.2, -0.15) is 0 Å². The van der Waals surface area contributed by atoms with Gasteiger partial charge in [-0.1, -0.05) is 12.1 Å². The summed E-state index contributed by atoms with van der Waals surface area (Å²) in [4.78, 5) is 14.4. The molecule has 1 amide bonds. The van der Waals surface area contributed by atoms with Crippen molar-refractivity contribution in [2.24, 2.45) is 0 Å². The van der Waals surface area contributed by atoms with Gasteiger partial charge in [-0.05, 0) is 55.8 Å². The number of ether oxygens (including phenoxy) is 1. The number of hydrogen-bond acceptors (Lipinski definition) is 5. The fraction of sp³-hybridized carbons (Fsp3) is 0.381. The molecule has 144 valence electrons. The van der Waals surface area contributed by atoms with Gasteiger partial charge < -0.3 is 15.0 Å². The summed E-state index contributed by atoms with van der Waals surface area (Å²) in [6.45, 7) is 6.20. The number of thioether (sulfide) groups is 2. The monoisotopic (exact) mass is 402 g/mol. The Morgan fingerprint density at radius 2 is 1.67 bits per heavy atom. The molecule has 1 saturated heterocycles. The molecule has 1 aliphatic rings. The predicted molar refractivity (Wildman–Crippen MR) is 118 cm³/mol. The van der Waals surface area contributed by atoms with Crippen LogP contribution in [0, 0.1) is 0 Å². The van der Waals surface area contributed by atoms with Crippen molar-refractivity contribution < 1.29 is 9.53 Å². The highest BCUT2D eigenvalue weighted by molar-refractivity contribution is 8.19. The van der Waals surface area contributed by atoms with Gasteiger partial charge in [0, 0.05) is 36.0 Å². The summed E-state index contributed by atoms with van der Waals surface area (Å²) in [6, 6.07) is 16.0. The first-order valence-corrected chi connectivity index (χ1v) is 11.4. The molecule has 0 unspecified atom stereocenters. The molecule has 27 heavy (non-hydrogen) atoms. The van der Waals surface area contributed by atoms with Crippen molar-refractivity contribution in [2.45, 2.75) is 18.4 Å². The van der Waals surface area contributed by atoms with E-state index in [2.05, 4.69) is 36.2 Å². The lowest BCUT2D eigenvalue weighted by Gasteiger charge is -2.21. The highest BCUT2D eigenvalue weighted by Gasteiger charge is 2.18. The Morgan fingerprint density at radius 3 is 2.26 bits per heavy atom. The first-order valence-electron chi connectivity index (χ1n) is 9.30. The van der Waals surface area contributed by atoms with Crippen molar-refractivity contribution in [1.29, 1.82) is 0 Å². The Hall–Kier alpha value is -1.79. The second-order valence-corrected chi connectivity index (χ2v) is 8.92. The molecule has 2 aromatic rings. The van der Waals surface area contributed by atoms with E-state index < -0.39 is 0 Å². The second kappa shape index (κ2) is 9.95. The van der Waals surface area contributed by atoms with Crippen molar-refractivity contribution in [3.8, 4) is 5.75 Å². The van der Waals surface area contributed by atoms with E-state index in [1.807, 2.05) is 59.9 Å². The van der Waals surface area contributed by atoms with Crippen molar-refractivity contribution in [3.05, 3.63) is 54.1 Å². The number of nitrogens with zero attached hydrogens (tertiary/aromatic N) is 1. The zero-order valence-corrected chi connectivity index (χ0v) is 17.4. The molecule has 0 radical (unpaired) electrons. The molecule has 0 aliphatic carbocycles. The number of rotatable bonds is 8. The van der Waals surface area contributed by atoms with Crippen LogP contribution in [0.4, 0.5) is 11.4 Å². The quantitative estimate of drug-likeness (QED) is 0.671. The third-order valence-corrected chi connectivity index (χ3v) is 7.53. The molecule has 6 heteroatoms. The van der Waals surface area contributed by atoms with E-state index >= 15 is 0 Å². The second-order valence-electron chi connectivity index (χ2n) is 6.20. The van der Waals surface area contributed by atoms with Crippen LogP contribution in [-0.2, 0) is 4.79 Å². The highest BCUT2D eigenvalue weighted by Crippen LogP contribution is 2.45. The topological polar surface area (TPSA) is 41.6 Å².